The molecule has 0 aliphatic carbocycles. The van der Waals surface area contributed by atoms with Crippen LogP contribution < -0.4 is 4.74 Å². The van der Waals surface area contributed by atoms with Gasteiger partial charge in [-0.15, -0.1) is 0 Å². The maximum Gasteiger partial charge on any atom is 0.119 e. The first-order chi connectivity index (χ1) is 8.22. The molecule has 2 unspecified atom stereocenters. The summed E-state index contributed by atoms with van der Waals surface area (Å²) in [6, 6.07) is 5.92. The van der Waals surface area contributed by atoms with Gasteiger partial charge < -0.3 is 9.84 Å². The number of aliphatic hydroxyl groups is 1. The smallest absolute Gasteiger partial charge is 0.119 e. The van der Waals surface area contributed by atoms with Gasteiger partial charge in [0.25, 0.3) is 0 Å². The summed E-state index contributed by atoms with van der Waals surface area (Å²) >= 11 is 1.90. The zero-order valence-corrected chi connectivity index (χ0v) is 11.3. The Kier molecular flexibility index (Phi) is 4.35. The molecule has 3 heteroatoms. The van der Waals surface area contributed by atoms with Crippen molar-refractivity contribution in [1.29, 1.82) is 0 Å². The van der Waals surface area contributed by atoms with E-state index in [0.717, 1.165) is 23.3 Å². The molecule has 2 nitrogen and oxygen atoms in total. The number of thioether (sulfide) groups is 1. The van der Waals surface area contributed by atoms with Crippen molar-refractivity contribution in [3.8, 4) is 5.75 Å². The average molecular weight is 252 g/mol. The highest BCUT2D eigenvalue weighted by Crippen LogP contribution is 2.36. The van der Waals surface area contributed by atoms with Crippen LogP contribution in [-0.2, 0) is 0 Å². The van der Waals surface area contributed by atoms with E-state index in [4.69, 9.17) is 4.74 Å². The van der Waals surface area contributed by atoms with Gasteiger partial charge in [0.2, 0.25) is 0 Å². The zero-order chi connectivity index (χ0) is 12.3. The summed E-state index contributed by atoms with van der Waals surface area (Å²) in [6.07, 6.45) is 3.31. The zero-order valence-electron chi connectivity index (χ0n) is 10.5. The Morgan fingerprint density at radius 2 is 2.24 bits per heavy atom. The molecular weight excluding hydrogens is 232 g/mol. The second-order valence-corrected chi connectivity index (χ2v) is 5.92. The third-order valence-electron chi connectivity index (χ3n) is 3.36. The molecule has 17 heavy (non-hydrogen) atoms. The first-order valence-electron chi connectivity index (χ1n) is 6.16. The van der Waals surface area contributed by atoms with E-state index >= 15 is 0 Å². The van der Waals surface area contributed by atoms with E-state index in [0.29, 0.717) is 5.25 Å². The minimum Gasteiger partial charge on any atom is -0.497 e. The van der Waals surface area contributed by atoms with Crippen molar-refractivity contribution in [1.82, 2.24) is 0 Å². The summed E-state index contributed by atoms with van der Waals surface area (Å²) in [5, 5.41) is 10.8. The maximum atomic E-state index is 10.4. The van der Waals surface area contributed by atoms with Gasteiger partial charge in [-0.25, -0.2) is 0 Å². The van der Waals surface area contributed by atoms with Gasteiger partial charge in [-0.2, -0.15) is 11.8 Å². The molecule has 94 valence electrons. The van der Waals surface area contributed by atoms with Crippen LogP contribution in [0.25, 0.3) is 0 Å². The molecule has 1 fully saturated rings. The largest absolute Gasteiger partial charge is 0.497 e. The number of rotatable bonds is 3. The van der Waals surface area contributed by atoms with E-state index in [1.807, 2.05) is 36.9 Å². The van der Waals surface area contributed by atoms with Gasteiger partial charge in [0.1, 0.15) is 5.75 Å². The number of methoxy groups -OCH3 is 1. The van der Waals surface area contributed by atoms with Gasteiger partial charge in [-0.3, -0.25) is 0 Å². The molecule has 0 saturated carbocycles. The van der Waals surface area contributed by atoms with Crippen LogP contribution in [0.3, 0.4) is 0 Å². The predicted molar refractivity (Wildman–Crippen MR) is 72.8 cm³/mol. The Morgan fingerprint density at radius 3 is 2.82 bits per heavy atom. The van der Waals surface area contributed by atoms with Crippen LogP contribution in [0.15, 0.2) is 18.2 Å². The number of hydrogen-bond donors (Lipinski definition) is 1. The molecule has 1 heterocycles. The highest BCUT2D eigenvalue weighted by Gasteiger charge is 2.24. The lowest BCUT2D eigenvalue weighted by atomic mass is 9.98. The van der Waals surface area contributed by atoms with Crippen LogP contribution >= 0.6 is 11.8 Å². The summed E-state index contributed by atoms with van der Waals surface area (Å²) in [5.74, 6) is 2.03. The first-order valence-corrected chi connectivity index (χ1v) is 7.21. The van der Waals surface area contributed by atoms with Crippen molar-refractivity contribution >= 4 is 11.8 Å². The van der Waals surface area contributed by atoms with E-state index in [1.165, 1.54) is 18.6 Å². The molecule has 1 saturated heterocycles. The molecule has 1 aromatic carbocycles. The number of aliphatic hydroxyl groups excluding tert-OH is 1. The Bertz CT molecular complexity index is 372. The number of benzene rings is 1. The van der Waals surface area contributed by atoms with Crippen molar-refractivity contribution in [3.63, 3.8) is 0 Å². The number of aryl methyl sites for hydroxylation is 1. The molecule has 0 radical (unpaired) electrons. The summed E-state index contributed by atoms with van der Waals surface area (Å²) in [4.78, 5) is 0. The Balaban J connectivity index is 2.15. The molecule has 0 spiro atoms. The quantitative estimate of drug-likeness (QED) is 0.895. The summed E-state index contributed by atoms with van der Waals surface area (Å²) in [7, 11) is 1.67. The van der Waals surface area contributed by atoms with Crippen molar-refractivity contribution in [2.45, 2.75) is 37.5 Å². The fourth-order valence-electron chi connectivity index (χ4n) is 2.32. The first kappa shape index (κ1) is 12.8. The predicted octanol–water partition coefficient (Wildman–Crippen LogP) is 3.32. The van der Waals surface area contributed by atoms with Crippen molar-refractivity contribution in [2.75, 3.05) is 12.9 Å². The lowest BCUT2D eigenvalue weighted by Gasteiger charge is -2.27. The van der Waals surface area contributed by atoms with Crippen molar-refractivity contribution in [2.24, 2.45) is 0 Å². The fourth-order valence-corrected chi connectivity index (χ4v) is 3.66. The van der Waals surface area contributed by atoms with E-state index in [2.05, 4.69) is 0 Å². The third kappa shape index (κ3) is 2.96. The molecular formula is C14H20O2S. The molecule has 0 bridgehead atoms. The molecule has 2 rings (SSSR count). The van der Waals surface area contributed by atoms with Crippen molar-refractivity contribution < 1.29 is 9.84 Å². The maximum absolute atomic E-state index is 10.4. The lowest BCUT2D eigenvalue weighted by molar-refractivity contribution is 0.168. The fraction of sp³-hybridized carbons (Fsp3) is 0.571. The summed E-state index contributed by atoms with van der Waals surface area (Å²) < 4.78 is 5.19. The van der Waals surface area contributed by atoms with E-state index in [1.54, 1.807) is 7.11 Å². The Labute approximate surface area is 107 Å². The van der Waals surface area contributed by atoms with Crippen molar-refractivity contribution in [3.05, 3.63) is 29.3 Å². The standard InChI is InChI=1S/C14H20O2S/c1-10-9-11(16-2)6-7-12(10)14(15)13-5-3-4-8-17-13/h6-7,9,13-15H,3-5,8H2,1-2H3. The van der Waals surface area contributed by atoms with Gasteiger partial charge in [0.15, 0.2) is 0 Å². The van der Waals surface area contributed by atoms with Crippen LogP contribution in [0.1, 0.15) is 36.5 Å². The molecule has 0 amide bonds. The SMILES string of the molecule is COc1ccc(C(O)C2CCCCS2)c(C)c1. The van der Waals surface area contributed by atoms with Gasteiger partial charge in [0.05, 0.1) is 13.2 Å². The minimum atomic E-state index is -0.341. The topological polar surface area (TPSA) is 29.5 Å². The molecule has 2 atom stereocenters. The monoisotopic (exact) mass is 252 g/mol. The Hall–Kier alpha value is -0.670. The van der Waals surface area contributed by atoms with Crippen LogP contribution in [0, 0.1) is 6.92 Å². The van der Waals surface area contributed by atoms with E-state index < -0.39 is 0 Å². The average Bonchev–Trinajstić information content (AvgIpc) is 2.39. The molecule has 0 aromatic heterocycles. The van der Waals surface area contributed by atoms with Crippen LogP contribution in [0.5, 0.6) is 5.75 Å². The summed E-state index contributed by atoms with van der Waals surface area (Å²) in [6.45, 7) is 2.04. The Morgan fingerprint density at radius 1 is 1.41 bits per heavy atom. The molecule has 1 N–H and O–H groups in total. The van der Waals surface area contributed by atoms with Gasteiger partial charge in [-0.1, -0.05) is 12.5 Å². The van der Waals surface area contributed by atoms with Gasteiger partial charge >= 0.3 is 0 Å². The van der Waals surface area contributed by atoms with E-state index in [-0.39, 0.29) is 6.10 Å². The molecule has 1 aliphatic heterocycles. The number of hydrogen-bond acceptors (Lipinski definition) is 3. The normalized spacial score (nSPS) is 22.2. The second kappa shape index (κ2) is 5.78. The van der Waals surface area contributed by atoms with Gasteiger partial charge in [0, 0.05) is 5.25 Å². The van der Waals surface area contributed by atoms with E-state index in [9.17, 15) is 5.11 Å². The second-order valence-electron chi connectivity index (χ2n) is 4.57. The number of ether oxygens (including phenoxy) is 1. The lowest BCUT2D eigenvalue weighted by Crippen LogP contribution is -2.19. The minimum absolute atomic E-state index is 0.341. The van der Waals surface area contributed by atoms with Gasteiger partial charge in [-0.05, 0) is 48.8 Å². The van der Waals surface area contributed by atoms with Crippen LogP contribution in [-0.4, -0.2) is 23.2 Å². The third-order valence-corrected chi connectivity index (χ3v) is 4.81. The summed E-state index contributed by atoms with van der Waals surface area (Å²) in [5.41, 5.74) is 2.16. The molecule has 1 aliphatic rings. The molecule has 1 aromatic rings. The van der Waals surface area contributed by atoms with Crippen LogP contribution in [0.2, 0.25) is 0 Å². The highest BCUT2D eigenvalue weighted by molar-refractivity contribution is 7.99. The highest BCUT2D eigenvalue weighted by atomic mass is 32.2. The van der Waals surface area contributed by atoms with Crippen LogP contribution in [0.4, 0.5) is 0 Å².